The van der Waals surface area contributed by atoms with E-state index in [2.05, 4.69) is 19.9 Å². The summed E-state index contributed by atoms with van der Waals surface area (Å²) in [5, 5.41) is 7.16. The predicted molar refractivity (Wildman–Crippen MR) is 65.6 cm³/mol. The minimum absolute atomic E-state index is 0.201. The average Bonchev–Trinajstić information content (AvgIpc) is 2.86. The third-order valence-corrected chi connectivity index (χ3v) is 4.92. The van der Waals surface area contributed by atoms with Crippen LogP contribution in [0.3, 0.4) is 0 Å². The Kier molecular flexibility index (Phi) is 3.16. The number of aromatic amines is 1. The van der Waals surface area contributed by atoms with Gasteiger partial charge in [0, 0.05) is 5.56 Å². The Morgan fingerprint density at radius 2 is 2.24 bits per heavy atom. The lowest BCUT2D eigenvalue weighted by atomic mass is 10.3. The third-order valence-electron chi connectivity index (χ3n) is 2.20. The third kappa shape index (κ3) is 2.47. The summed E-state index contributed by atoms with van der Waals surface area (Å²) in [6.07, 6.45) is 3.66. The van der Waals surface area contributed by atoms with E-state index in [4.69, 9.17) is 0 Å². The molecule has 0 aromatic carbocycles. The number of hydrogen-bond acceptors (Lipinski definition) is 5. The van der Waals surface area contributed by atoms with Crippen LogP contribution in [0.1, 0.15) is 17.5 Å². The SMILES string of the molecule is CCc1cn[nH]c1NS(=O)(=O)c1cnc(C)s1. The van der Waals surface area contributed by atoms with E-state index in [-0.39, 0.29) is 4.21 Å². The van der Waals surface area contributed by atoms with E-state index < -0.39 is 10.0 Å². The normalized spacial score (nSPS) is 11.6. The maximum Gasteiger partial charge on any atom is 0.274 e. The Balaban J connectivity index is 2.29. The van der Waals surface area contributed by atoms with Gasteiger partial charge < -0.3 is 0 Å². The quantitative estimate of drug-likeness (QED) is 0.883. The highest BCUT2D eigenvalue weighted by Crippen LogP contribution is 2.22. The largest absolute Gasteiger partial charge is 0.274 e. The fraction of sp³-hybridized carbons (Fsp3) is 0.333. The van der Waals surface area contributed by atoms with Gasteiger partial charge in [-0.05, 0) is 13.3 Å². The molecule has 8 heteroatoms. The number of nitrogens with zero attached hydrogens (tertiary/aromatic N) is 2. The van der Waals surface area contributed by atoms with E-state index in [1.165, 1.54) is 6.20 Å². The Morgan fingerprint density at radius 3 is 2.82 bits per heavy atom. The molecule has 0 aliphatic carbocycles. The van der Waals surface area contributed by atoms with Crippen LogP contribution >= 0.6 is 11.3 Å². The smallest absolute Gasteiger partial charge is 0.263 e. The first-order valence-electron chi connectivity index (χ1n) is 5.00. The number of aryl methyl sites for hydroxylation is 2. The highest BCUT2D eigenvalue weighted by Gasteiger charge is 2.19. The molecule has 0 radical (unpaired) electrons. The molecule has 0 aliphatic heterocycles. The topological polar surface area (TPSA) is 87.7 Å². The number of sulfonamides is 1. The Hall–Kier alpha value is -1.41. The van der Waals surface area contributed by atoms with Crippen LogP contribution in [-0.2, 0) is 16.4 Å². The predicted octanol–water partition coefficient (Wildman–Crippen LogP) is 1.54. The van der Waals surface area contributed by atoms with Crippen molar-refractivity contribution in [3.8, 4) is 0 Å². The van der Waals surface area contributed by atoms with Crippen molar-refractivity contribution in [3.63, 3.8) is 0 Å². The molecule has 92 valence electrons. The van der Waals surface area contributed by atoms with E-state index in [0.717, 1.165) is 16.9 Å². The van der Waals surface area contributed by atoms with Crippen LogP contribution in [0.5, 0.6) is 0 Å². The van der Waals surface area contributed by atoms with E-state index in [9.17, 15) is 8.42 Å². The molecule has 2 heterocycles. The molecule has 0 saturated heterocycles. The summed E-state index contributed by atoms with van der Waals surface area (Å²) in [6, 6.07) is 0. The van der Waals surface area contributed by atoms with Gasteiger partial charge in [-0.25, -0.2) is 13.4 Å². The van der Waals surface area contributed by atoms with Gasteiger partial charge in [-0.2, -0.15) is 5.10 Å². The lowest BCUT2D eigenvalue weighted by Gasteiger charge is -2.04. The molecule has 6 nitrogen and oxygen atoms in total. The van der Waals surface area contributed by atoms with Gasteiger partial charge in [0.25, 0.3) is 10.0 Å². The van der Waals surface area contributed by atoms with Gasteiger partial charge in [-0.3, -0.25) is 9.82 Å². The molecule has 2 rings (SSSR count). The fourth-order valence-electron chi connectivity index (χ4n) is 1.32. The molecular weight excluding hydrogens is 260 g/mol. The minimum Gasteiger partial charge on any atom is -0.263 e. The summed E-state index contributed by atoms with van der Waals surface area (Å²) in [6.45, 7) is 3.69. The summed E-state index contributed by atoms with van der Waals surface area (Å²) < 4.78 is 26.7. The molecule has 2 aromatic rings. The van der Waals surface area contributed by atoms with Gasteiger partial charge in [0.15, 0.2) is 4.21 Å². The second-order valence-electron chi connectivity index (χ2n) is 3.43. The number of aromatic nitrogens is 3. The standard InChI is InChI=1S/C9H12N4O2S2/c1-3-7-4-11-12-9(7)13-17(14,15)8-5-10-6(2)16-8/h4-5H,3H2,1-2H3,(H2,11,12,13). The lowest BCUT2D eigenvalue weighted by Crippen LogP contribution is -2.12. The van der Waals surface area contributed by atoms with Gasteiger partial charge in [0.1, 0.15) is 5.82 Å². The molecule has 0 unspecified atom stereocenters. The highest BCUT2D eigenvalue weighted by molar-refractivity contribution is 7.94. The zero-order chi connectivity index (χ0) is 12.5. The van der Waals surface area contributed by atoms with Crippen LogP contribution in [0, 0.1) is 6.92 Å². The van der Waals surface area contributed by atoms with Crippen LogP contribution in [0.25, 0.3) is 0 Å². The van der Waals surface area contributed by atoms with Crippen molar-refractivity contribution in [1.82, 2.24) is 15.2 Å². The van der Waals surface area contributed by atoms with Crippen molar-refractivity contribution in [3.05, 3.63) is 23.0 Å². The monoisotopic (exact) mass is 272 g/mol. The first-order chi connectivity index (χ1) is 8.03. The van der Waals surface area contributed by atoms with Crippen molar-refractivity contribution in [2.45, 2.75) is 24.5 Å². The van der Waals surface area contributed by atoms with Gasteiger partial charge >= 0.3 is 0 Å². The molecular formula is C9H12N4O2S2. The Morgan fingerprint density at radius 1 is 1.47 bits per heavy atom. The summed E-state index contributed by atoms with van der Waals surface area (Å²) >= 11 is 1.13. The van der Waals surface area contributed by atoms with Crippen LogP contribution in [0.2, 0.25) is 0 Å². The minimum atomic E-state index is -3.56. The van der Waals surface area contributed by atoms with Crippen molar-refractivity contribution in [2.24, 2.45) is 0 Å². The number of nitrogens with one attached hydrogen (secondary N) is 2. The van der Waals surface area contributed by atoms with Gasteiger partial charge in [-0.1, -0.05) is 6.92 Å². The van der Waals surface area contributed by atoms with Crippen LogP contribution in [0.4, 0.5) is 5.82 Å². The summed E-state index contributed by atoms with van der Waals surface area (Å²) in [5.41, 5.74) is 0.829. The molecule has 0 saturated carbocycles. The van der Waals surface area contributed by atoms with E-state index in [0.29, 0.717) is 17.2 Å². The van der Waals surface area contributed by atoms with Crippen LogP contribution in [-0.4, -0.2) is 23.6 Å². The number of anilines is 1. The second kappa shape index (κ2) is 4.46. The van der Waals surface area contributed by atoms with Crippen molar-refractivity contribution in [1.29, 1.82) is 0 Å². The maximum atomic E-state index is 12.0. The van der Waals surface area contributed by atoms with E-state index >= 15 is 0 Å². The van der Waals surface area contributed by atoms with Gasteiger partial charge in [0.05, 0.1) is 17.4 Å². The Labute approximate surface area is 103 Å². The molecule has 0 amide bonds. The van der Waals surface area contributed by atoms with Crippen molar-refractivity contribution < 1.29 is 8.42 Å². The summed E-state index contributed by atoms with van der Waals surface area (Å²) in [5.74, 6) is 0.415. The fourth-order valence-corrected chi connectivity index (χ4v) is 3.48. The molecule has 2 N–H and O–H groups in total. The molecule has 2 aromatic heterocycles. The summed E-state index contributed by atoms with van der Waals surface area (Å²) in [4.78, 5) is 3.93. The molecule has 0 atom stereocenters. The number of H-pyrrole nitrogens is 1. The summed E-state index contributed by atoms with van der Waals surface area (Å²) in [7, 11) is -3.56. The van der Waals surface area contributed by atoms with Gasteiger partial charge in [0.2, 0.25) is 0 Å². The first kappa shape index (κ1) is 12.1. The van der Waals surface area contributed by atoms with Crippen molar-refractivity contribution in [2.75, 3.05) is 4.72 Å². The highest BCUT2D eigenvalue weighted by atomic mass is 32.2. The first-order valence-corrected chi connectivity index (χ1v) is 7.30. The molecule has 0 spiro atoms. The zero-order valence-electron chi connectivity index (χ0n) is 9.39. The number of thiazole rings is 1. The molecule has 0 fully saturated rings. The van der Waals surface area contributed by atoms with E-state index in [1.54, 1.807) is 13.1 Å². The van der Waals surface area contributed by atoms with Crippen LogP contribution < -0.4 is 4.72 Å². The number of hydrogen-bond donors (Lipinski definition) is 2. The molecule has 17 heavy (non-hydrogen) atoms. The zero-order valence-corrected chi connectivity index (χ0v) is 11.0. The van der Waals surface area contributed by atoms with Crippen molar-refractivity contribution >= 4 is 27.2 Å². The maximum absolute atomic E-state index is 12.0. The lowest BCUT2D eigenvalue weighted by molar-refractivity contribution is 0.602. The molecule has 0 aliphatic rings. The van der Waals surface area contributed by atoms with Crippen LogP contribution in [0.15, 0.2) is 16.6 Å². The van der Waals surface area contributed by atoms with E-state index in [1.807, 2.05) is 6.92 Å². The Bertz CT molecular complexity index is 614. The second-order valence-corrected chi connectivity index (χ2v) is 6.57. The molecule has 0 bridgehead atoms. The number of rotatable bonds is 4. The van der Waals surface area contributed by atoms with Gasteiger partial charge in [-0.15, -0.1) is 11.3 Å². The average molecular weight is 272 g/mol.